The van der Waals surface area contributed by atoms with Gasteiger partial charge in [0.05, 0.1) is 19.2 Å². The zero-order valence-corrected chi connectivity index (χ0v) is 27.0. The highest BCUT2D eigenvalue weighted by Crippen LogP contribution is 2.59. The molecule has 0 amide bonds. The van der Waals surface area contributed by atoms with Crippen LogP contribution in [0.4, 0.5) is 0 Å². The van der Waals surface area contributed by atoms with Gasteiger partial charge in [0.15, 0.2) is 17.3 Å². The van der Waals surface area contributed by atoms with E-state index in [0.717, 1.165) is 37.9 Å². The largest absolute Gasteiger partial charge is 0.289 e. The van der Waals surface area contributed by atoms with E-state index in [9.17, 15) is 14.9 Å². The monoisotopic (exact) mass is 631 g/mol. The molecule has 2 heterocycles. The van der Waals surface area contributed by atoms with Crippen LogP contribution in [0.2, 0.25) is 0 Å². The molecule has 0 aliphatic heterocycles. The van der Waals surface area contributed by atoms with Crippen molar-refractivity contribution in [1.29, 1.82) is 5.26 Å². The third kappa shape index (κ3) is 4.02. The van der Waals surface area contributed by atoms with Gasteiger partial charge in [-0.15, -0.1) is 22.7 Å². The standard InChI is InChI=1S/C39H25N3O2S2/c1-6-39(7-2)30-18-22(16-28-33(21(3)41-4)24-12-8-10-14-26(24)35(28)43)45-37(30)38-31(39)19-23(46-38)17-29-34(32(20-40)42-5)25-13-9-11-15-27(25)36(29)44/h8-19H,6-7H2,1-3H3/b28-16-,29-17-,33-21?,34-32+. The fourth-order valence-corrected chi connectivity index (χ4v) is 9.73. The lowest BCUT2D eigenvalue weighted by atomic mass is 9.75. The zero-order valence-electron chi connectivity index (χ0n) is 25.3. The molecular formula is C39H25N3O2S2. The number of carbonyl (C=O) groups excluding carboxylic acids is 2. The Morgan fingerprint density at radius 1 is 0.783 bits per heavy atom. The molecule has 0 radical (unpaired) electrons. The average Bonchev–Trinajstić information content (AvgIpc) is 3.86. The summed E-state index contributed by atoms with van der Waals surface area (Å²) in [6, 6.07) is 21.0. The summed E-state index contributed by atoms with van der Waals surface area (Å²) in [6.07, 6.45) is 5.54. The number of thiophene rings is 2. The van der Waals surface area contributed by atoms with E-state index in [2.05, 4.69) is 35.7 Å². The van der Waals surface area contributed by atoms with E-state index in [1.54, 1.807) is 47.8 Å². The number of hydrogen-bond donors (Lipinski definition) is 0. The molecule has 3 aliphatic rings. The number of fused-ring (bicyclic) bond motifs is 5. The second-order valence-corrected chi connectivity index (χ2v) is 13.6. The van der Waals surface area contributed by atoms with Gasteiger partial charge in [-0.25, -0.2) is 15.0 Å². The van der Waals surface area contributed by atoms with Crippen molar-refractivity contribution < 1.29 is 9.59 Å². The number of benzene rings is 2. The molecule has 0 fully saturated rings. The maximum atomic E-state index is 13.6. The smallest absolute Gasteiger partial charge is 0.270 e. The average molecular weight is 632 g/mol. The second kappa shape index (κ2) is 10.9. The van der Waals surface area contributed by atoms with Crippen LogP contribution in [0.1, 0.15) is 86.3 Å². The van der Waals surface area contributed by atoms with Gasteiger partial charge >= 0.3 is 0 Å². The van der Waals surface area contributed by atoms with Gasteiger partial charge in [0.25, 0.3) is 5.70 Å². The summed E-state index contributed by atoms with van der Waals surface area (Å²) in [5.74, 6) is -0.244. The van der Waals surface area contributed by atoms with Gasteiger partial charge in [0, 0.05) is 52.8 Å². The highest BCUT2D eigenvalue weighted by Gasteiger charge is 2.44. The molecule has 0 saturated carbocycles. The van der Waals surface area contributed by atoms with E-state index in [4.69, 9.17) is 13.1 Å². The van der Waals surface area contributed by atoms with Crippen LogP contribution in [-0.4, -0.2) is 11.6 Å². The molecule has 46 heavy (non-hydrogen) atoms. The molecule has 0 atom stereocenters. The van der Waals surface area contributed by atoms with Gasteiger partial charge in [-0.3, -0.25) is 9.59 Å². The van der Waals surface area contributed by atoms with Crippen LogP contribution in [0, 0.1) is 24.5 Å². The predicted molar refractivity (Wildman–Crippen MR) is 185 cm³/mol. The second-order valence-electron chi connectivity index (χ2n) is 11.5. The number of nitriles is 1. The van der Waals surface area contributed by atoms with Crippen molar-refractivity contribution in [2.75, 3.05) is 0 Å². The van der Waals surface area contributed by atoms with E-state index in [1.807, 2.05) is 48.6 Å². The Morgan fingerprint density at radius 3 is 1.67 bits per heavy atom. The minimum atomic E-state index is -0.228. The number of allylic oxidation sites excluding steroid dienone is 6. The van der Waals surface area contributed by atoms with Crippen LogP contribution < -0.4 is 0 Å². The van der Waals surface area contributed by atoms with Crippen LogP contribution in [0.5, 0.6) is 0 Å². The van der Waals surface area contributed by atoms with Crippen molar-refractivity contribution in [1.82, 2.24) is 0 Å². The quantitative estimate of drug-likeness (QED) is 0.128. The third-order valence-electron chi connectivity index (χ3n) is 9.41. The summed E-state index contributed by atoms with van der Waals surface area (Å²) in [7, 11) is 0. The first-order valence-corrected chi connectivity index (χ1v) is 16.6. The normalized spacial score (nSPS) is 19.3. The lowest BCUT2D eigenvalue weighted by Gasteiger charge is -2.28. The molecule has 0 unspecified atom stereocenters. The Balaban J connectivity index is 1.37. The van der Waals surface area contributed by atoms with E-state index in [0.29, 0.717) is 44.7 Å². The summed E-state index contributed by atoms with van der Waals surface area (Å²) in [5, 5.41) is 9.75. The lowest BCUT2D eigenvalue weighted by Crippen LogP contribution is -2.22. The summed E-state index contributed by atoms with van der Waals surface area (Å²) < 4.78 is 0. The Hall–Kier alpha value is -5.39. The number of nitrogens with zero attached hydrogens (tertiary/aromatic N) is 3. The van der Waals surface area contributed by atoms with Gasteiger partial charge < -0.3 is 0 Å². The summed E-state index contributed by atoms with van der Waals surface area (Å²) in [4.78, 5) is 38.4. The van der Waals surface area contributed by atoms with Gasteiger partial charge in [-0.05, 0) is 71.9 Å². The fraction of sp³-hybridized carbons (Fsp3) is 0.154. The maximum Gasteiger partial charge on any atom is 0.270 e. The summed E-state index contributed by atoms with van der Waals surface area (Å²) in [6.45, 7) is 21.4. The zero-order chi connectivity index (χ0) is 32.3. The van der Waals surface area contributed by atoms with Gasteiger partial charge in [-0.2, -0.15) is 0 Å². The maximum absolute atomic E-state index is 13.6. The summed E-state index contributed by atoms with van der Waals surface area (Å²) >= 11 is 3.26. The molecule has 5 nitrogen and oxygen atoms in total. The summed E-state index contributed by atoms with van der Waals surface area (Å²) in [5.41, 5.74) is 7.24. The Morgan fingerprint density at radius 2 is 1.24 bits per heavy atom. The molecule has 0 spiro atoms. The molecular weight excluding hydrogens is 607 g/mol. The van der Waals surface area contributed by atoms with Crippen LogP contribution in [0.3, 0.4) is 0 Å². The third-order valence-corrected chi connectivity index (χ3v) is 11.7. The molecule has 3 aliphatic carbocycles. The van der Waals surface area contributed by atoms with E-state index in [-0.39, 0.29) is 22.7 Å². The number of ketones is 2. The van der Waals surface area contributed by atoms with Crippen LogP contribution >= 0.6 is 22.7 Å². The van der Waals surface area contributed by atoms with E-state index in [1.165, 1.54) is 11.1 Å². The number of rotatable bonds is 4. The first-order chi connectivity index (χ1) is 22.3. The highest BCUT2D eigenvalue weighted by molar-refractivity contribution is 7.23. The van der Waals surface area contributed by atoms with Crippen molar-refractivity contribution in [3.63, 3.8) is 0 Å². The van der Waals surface area contributed by atoms with Gasteiger partial charge in [0.1, 0.15) is 0 Å². The van der Waals surface area contributed by atoms with Crippen molar-refractivity contribution in [2.24, 2.45) is 0 Å². The molecule has 0 saturated heterocycles. The van der Waals surface area contributed by atoms with E-state index >= 15 is 0 Å². The molecule has 0 bridgehead atoms. The number of hydrogen-bond acceptors (Lipinski definition) is 5. The van der Waals surface area contributed by atoms with E-state index < -0.39 is 0 Å². The van der Waals surface area contributed by atoms with Crippen molar-refractivity contribution in [2.45, 2.75) is 39.0 Å². The lowest BCUT2D eigenvalue weighted by molar-refractivity contribution is 0.103. The molecule has 2 aromatic heterocycles. The van der Waals surface area contributed by atoms with Gasteiger partial charge in [0.2, 0.25) is 0 Å². The highest BCUT2D eigenvalue weighted by atomic mass is 32.1. The first kappa shape index (κ1) is 29.3. The van der Waals surface area contributed by atoms with Crippen LogP contribution in [-0.2, 0) is 5.41 Å². The minimum absolute atomic E-state index is 0.0626. The topological polar surface area (TPSA) is 66.7 Å². The van der Waals surface area contributed by atoms with Crippen LogP contribution in [0.25, 0.3) is 42.7 Å². The Bertz CT molecular complexity index is 2300. The molecule has 4 aromatic rings. The predicted octanol–water partition coefficient (Wildman–Crippen LogP) is 10.3. The minimum Gasteiger partial charge on any atom is -0.289 e. The van der Waals surface area contributed by atoms with Crippen molar-refractivity contribution in [3.05, 3.63) is 149 Å². The first-order valence-electron chi connectivity index (χ1n) is 14.9. The van der Waals surface area contributed by atoms with Crippen molar-refractivity contribution in [3.8, 4) is 15.8 Å². The number of Topliss-reactive ketones (excluding diaryl/α,β-unsaturated/α-hetero) is 2. The van der Waals surface area contributed by atoms with Crippen LogP contribution in [0.15, 0.2) is 83.2 Å². The molecule has 0 N–H and O–H groups in total. The SMILES string of the molecule is [C-]#[N+]C(C)=C1/C(=C/c2cc3c(s2)-c2sc(/C=C4\C(=O)c5ccccc5\C4=C(\C#N)[N+]#[C-])cc2C3(CC)CC)C(=O)c2ccccc21. The molecule has 7 rings (SSSR count). The molecule has 7 heteroatoms. The van der Waals surface area contributed by atoms with Crippen molar-refractivity contribution >= 4 is 57.5 Å². The fourth-order valence-electron chi connectivity index (χ4n) is 7.17. The Kier molecular flexibility index (Phi) is 6.95. The number of carbonyl (C=O) groups is 2. The van der Waals surface area contributed by atoms with Gasteiger partial charge in [-0.1, -0.05) is 62.4 Å². The molecule has 220 valence electrons. The Labute approximate surface area is 275 Å². The molecule has 2 aromatic carbocycles.